The lowest BCUT2D eigenvalue weighted by Crippen LogP contribution is -2.26. The monoisotopic (exact) mass is 1110 g/mol. The zero-order valence-corrected chi connectivity index (χ0v) is 42.4. The first kappa shape index (κ1) is 55.3. The Hall–Kier alpha value is -6.97. The fourth-order valence-corrected chi connectivity index (χ4v) is 11.7. The molecule has 6 atom stereocenters. The molecule has 0 saturated carbocycles. The number of fused-ring (bicyclic) bond motifs is 3. The Balaban J connectivity index is 0.965. The highest BCUT2D eigenvalue weighted by Gasteiger charge is 2.43. The lowest BCUT2D eigenvalue weighted by molar-refractivity contribution is -0.386. The van der Waals surface area contributed by atoms with E-state index in [-0.39, 0.29) is 106 Å². The number of phenols is 1. The predicted octanol–water partition coefficient (Wildman–Crippen LogP) is 7.57. The van der Waals surface area contributed by atoms with Gasteiger partial charge in [0.1, 0.15) is 40.8 Å². The van der Waals surface area contributed by atoms with Crippen molar-refractivity contribution in [3.63, 3.8) is 0 Å². The number of nitrogens with zero attached hydrogens (tertiary/aromatic N) is 3. The molecule has 0 spiro atoms. The number of aromatic hydroxyl groups is 1. The van der Waals surface area contributed by atoms with Crippen LogP contribution in [-0.4, -0.2) is 75.3 Å². The van der Waals surface area contributed by atoms with Crippen LogP contribution in [0.4, 0.5) is 11.4 Å². The number of nitro benzene ring substituents is 1. The lowest BCUT2D eigenvalue weighted by atomic mass is 9.91. The molecule has 1 fully saturated rings. The molecule has 2 aliphatic heterocycles. The van der Waals surface area contributed by atoms with Crippen LogP contribution < -0.4 is 15.9 Å². The molecule has 0 radical (unpaired) electrons. The van der Waals surface area contributed by atoms with E-state index in [4.69, 9.17) is 34.1 Å². The van der Waals surface area contributed by atoms with Crippen molar-refractivity contribution < 1.29 is 89.8 Å². The van der Waals surface area contributed by atoms with Crippen LogP contribution in [0.1, 0.15) is 72.5 Å². The van der Waals surface area contributed by atoms with E-state index in [0.29, 0.717) is 33.0 Å². The minimum Gasteiger partial charge on any atom is -0.508 e. The number of aliphatic hydroxyl groups excluding tert-OH is 1. The molecule has 5 aromatic rings. The summed E-state index contributed by atoms with van der Waals surface area (Å²) in [6.45, 7) is 2.76. The van der Waals surface area contributed by atoms with Gasteiger partial charge in [-0.15, -0.1) is 0 Å². The summed E-state index contributed by atoms with van der Waals surface area (Å²) in [6.07, 6.45) is -1.78. The topological polar surface area (TPSA) is 379 Å². The highest BCUT2D eigenvalue weighted by molar-refractivity contribution is 7.66. The van der Waals surface area contributed by atoms with Gasteiger partial charge < -0.3 is 58.7 Å². The standard InChI is InChI=1S/C48H45N4O21P3/c1-26(2)47(67-23-29-22-51(48-45(29)36(49)15-16-50-48)44-21-39(57)43(71-44)24-69-75(63,64)73-76(65,66)72-74(60,61)62)32-11-7-27(17-37(32)52(58)59)5-3-4-6-38(56)28-8-14-40(68-25-53)35(18-28)46-33-12-9-30(54)19-41(33)70-42-20-31(55)10-13-34(42)46/h7-20,22,25-26,39,43-44,47,54,57H,4,6,21,23-24H2,1-2H3,(H2,49,50)(H,63,64)(H,65,66)(H2,60,61,62)/t39?,43-,44-,47?/m1/s1. The highest BCUT2D eigenvalue weighted by Crippen LogP contribution is 2.66. The molecular formula is C48H45N4O21P3. The summed E-state index contributed by atoms with van der Waals surface area (Å²) in [5.74, 6) is 5.36. The lowest BCUT2D eigenvalue weighted by Gasteiger charge is -2.22. The fraction of sp³-hybridized carbons (Fsp3) is 0.250. The minimum absolute atomic E-state index is 0.0504. The number of nitrogens with two attached hydrogens (primary N) is 1. The molecule has 4 heterocycles. The number of ether oxygens (including phenoxy) is 3. The van der Waals surface area contributed by atoms with Crippen molar-refractivity contribution in [1.82, 2.24) is 9.55 Å². The Morgan fingerprint density at radius 2 is 1.78 bits per heavy atom. The molecule has 28 heteroatoms. The number of anilines is 1. The van der Waals surface area contributed by atoms with Crippen LogP contribution >= 0.6 is 23.5 Å². The van der Waals surface area contributed by atoms with Crippen molar-refractivity contribution in [3.05, 3.63) is 134 Å². The number of Topliss-reactive ketones (excluding diaryl/α,β-unsaturated/α-hetero) is 1. The second kappa shape index (κ2) is 22.3. The van der Waals surface area contributed by atoms with Gasteiger partial charge in [-0.1, -0.05) is 25.7 Å². The number of carbonyl (C=O) groups is 2. The minimum atomic E-state index is -5.80. The molecule has 1 saturated heterocycles. The largest absolute Gasteiger partial charge is 0.508 e. The Bertz CT molecular complexity index is 3660. The van der Waals surface area contributed by atoms with Crippen LogP contribution in [0.3, 0.4) is 0 Å². The molecule has 398 valence electrons. The fourth-order valence-electron chi connectivity index (χ4n) is 8.65. The SMILES string of the molecule is CC(C)C(OCc1cn([C@H]2CC(O)[C@@H](COP(=O)(O)OP(=O)(O)OP(=O)(O)O)O2)c2nccc(N)c12)c1ccc(C#CCCC(=O)c2ccc(OC=O)c(-c3c4ccc(=O)cc-4oc4cc(O)ccc34)c2)cc1[N+](=O)[O-]. The van der Waals surface area contributed by atoms with E-state index in [2.05, 4.69) is 30.0 Å². The number of pyridine rings is 1. The number of hydrogen-bond donors (Lipinski definition) is 7. The number of aromatic nitrogens is 2. The maximum Gasteiger partial charge on any atom is 0.490 e. The van der Waals surface area contributed by atoms with Gasteiger partial charge in [-0.3, -0.25) is 29.0 Å². The van der Waals surface area contributed by atoms with Crippen molar-refractivity contribution in [2.45, 2.75) is 64.3 Å². The molecule has 4 unspecified atom stereocenters. The van der Waals surface area contributed by atoms with Crippen LogP contribution in [0.5, 0.6) is 11.5 Å². The summed E-state index contributed by atoms with van der Waals surface area (Å²) in [6, 6.07) is 19.0. The number of nitro groups is 1. The van der Waals surface area contributed by atoms with Crippen LogP contribution in [0, 0.1) is 27.9 Å². The Kier molecular flexibility index (Phi) is 16.2. The zero-order valence-electron chi connectivity index (χ0n) is 39.7. The second-order valence-electron chi connectivity index (χ2n) is 17.5. The summed E-state index contributed by atoms with van der Waals surface area (Å²) in [5.41, 5.74) is 9.03. The molecule has 3 aliphatic rings. The predicted molar refractivity (Wildman–Crippen MR) is 267 cm³/mol. The molecule has 0 bridgehead atoms. The average molecular weight is 1110 g/mol. The first-order valence-electron chi connectivity index (χ1n) is 22.6. The third kappa shape index (κ3) is 12.6. The summed E-state index contributed by atoms with van der Waals surface area (Å²) < 4.78 is 72.2. The molecule has 0 amide bonds. The van der Waals surface area contributed by atoms with Gasteiger partial charge in [0, 0.05) is 99.7 Å². The second-order valence-corrected chi connectivity index (χ2v) is 21.9. The van der Waals surface area contributed by atoms with E-state index in [1.54, 1.807) is 44.3 Å². The molecule has 3 aromatic carbocycles. The van der Waals surface area contributed by atoms with Crippen LogP contribution in [-0.2, 0) is 47.7 Å². The first-order valence-corrected chi connectivity index (χ1v) is 27.1. The zero-order chi connectivity index (χ0) is 54.9. The molecule has 2 aromatic heterocycles. The van der Waals surface area contributed by atoms with Gasteiger partial charge in [-0.05, 0) is 66.6 Å². The van der Waals surface area contributed by atoms with Crippen LogP contribution in [0.15, 0.2) is 100 Å². The number of rotatable bonds is 20. The van der Waals surface area contributed by atoms with Gasteiger partial charge in [-0.2, -0.15) is 8.62 Å². The maximum atomic E-state index is 13.7. The van der Waals surface area contributed by atoms with Gasteiger partial charge in [0.05, 0.1) is 35.9 Å². The van der Waals surface area contributed by atoms with Crippen molar-refractivity contribution >= 4 is 69.1 Å². The summed E-state index contributed by atoms with van der Waals surface area (Å²) in [7, 11) is -17.0. The third-order valence-electron chi connectivity index (χ3n) is 11.8. The van der Waals surface area contributed by atoms with E-state index < -0.39 is 59.5 Å². The van der Waals surface area contributed by atoms with E-state index >= 15 is 0 Å². The van der Waals surface area contributed by atoms with Crippen LogP contribution in [0.2, 0.25) is 0 Å². The molecule has 76 heavy (non-hydrogen) atoms. The van der Waals surface area contributed by atoms with E-state index in [0.717, 1.165) is 0 Å². The number of phosphoric acid groups is 3. The van der Waals surface area contributed by atoms with Gasteiger partial charge in [0.25, 0.3) is 12.2 Å². The summed E-state index contributed by atoms with van der Waals surface area (Å²) in [4.78, 5) is 90.9. The normalized spacial score (nSPS) is 17.8. The molecule has 8 rings (SSSR count). The maximum absolute atomic E-state index is 13.7. The molecule has 1 aliphatic carbocycles. The van der Waals surface area contributed by atoms with Gasteiger partial charge in [0.2, 0.25) is 0 Å². The smallest absolute Gasteiger partial charge is 0.490 e. The Labute approximate surface area is 429 Å². The van der Waals surface area contributed by atoms with Gasteiger partial charge in [0.15, 0.2) is 11.2 Å². The highest BCUT2D eigenvalue weighted by atomic mass is 31.3. The van der Waals surface area contributed by atoms with Gasteiger partial charge in [-0.25, -0.2) is 18.7 Å². The number of ketones is 1. The van der Waals surface area contributed by atoms with Crippen molar-refractivity contribution in [1.29, 1.82) is 0 Å². The van der Waals surface area contributed by atoms with Crippen molar-refractivity contribution in [2.24, 2.45) is 5.92 Å². The molecule has 8 N–H and O–H groups in total. The molecular weight excluding hydrogens is 1060 g/mol. The number of aliphatic hydroxyl groups is 1. The summed E-state index contributed by atoms with van der Waals surface area (Å²) in [5, 5.41) is 34.5. The molecule has 25 nitrogen and oxygen atoms in total. The quantitative estimate of drug-likeness (QED) is 0.00735. The average Bonchev–Trinajstić information content (AvgIpc) is 3.91. The first-order chi connectivity index (χ1) is 35.9. The van der Waals surface area contributed by atoms with Crippen molar-refractivity contribution in [3.8, 4) is 45.8 Å². The van der Waals surface area contributed by atoms with E-state index in [1.165, 1.54) is 65.4 Å². The number of nitrogen functional groups attached to an aromatic ring is 1. The van der Waals surface area contributed by atoms with E-state index in [1.807, 2.05) is 0 Å². The number of carbonyl (C=O) groups excluding carboxylic acids is 2. The van der Waals surface area contributed by atoms with Crippen LogP contribution in [0.25, 0.3) is 44.5 Å². The Morgan fingerprint density at radius 3 is 2.50 bits per heavy atom. The number of phosphoric ester groups is 1. The third-order valence-corrected chi connectivity index (χ3v) is 15.6. The van der Waals surface area contributed by atoms with Gasteiger partial charge >= 0.3 is 23.5 Å². The number of phenolic OH excluding ortho intramolecular Hbond substituents is 1. The van der Waals surface area contributed by atoms with Crippen molar-refractivity contribution in [2.75, 3.05) is 12.3 Å². The number of benzene rings is 4. The number of hydrogen-bond acceptors (Lipinski definition) is 19. The Morgan fingerprint density at radius 1 is 1.00 bits per heavy atom. The van der Waals surface area contributed by atoms with E-state index in [9.17, 15) is 58.2 Å². The summed E-state index contributed by atoms with van der Waals surface area (Å²) >= 11 is 0.